The first-order valence-corrected chi connectivity index (χ1v) is 12.2. The summed E-state index contributed by atoms with van der Waals surface area (Å²) in [6.07, 6.45) is 8.27. The summed E-state index contributed by atoms with van der Waals surface area (Å²) in [7, 11) is -3.48. The summed E-state index contributed by atoms with van der Waals surface area (Å²) < 4.78 is 27.0. The van der Waals surface area contributed by atoms with Gasteiger partial charge in [-0.05, 0) is 69.2 Å². The number of sulfonamides is 1. The molecule has 2 aliphatic carbocycles. The predicted molar refractivity (Wildman–Crippen MR) is 109 cm³/mol. The van der Waals surface area contributed by atoms with Crippen molar-refractivity contribution in [3.8, 4) is 0 Å². The van der Waals surface area contributed by atoms with Crippen LogP contribution in [-0.2, 0) is 29.3 Å². The average molecular weight is 420 g/mol. The number of rotatable bonds is 8. The Kier molecular flexibility index (Phi) is 5.80. The molecule has 1 aromatic heterocycles. The highest BCUT2D eigenvalue weighted by molar-refractivity contribution is 7.89. The molecule has 4 rings (SSSR count). The molecule has 150 valence electrons. The summed E-state index contributed by atoms with van der Waals surface area (Å²) >= 11 is 1.82. The van der Waals surface area contributed by atoms with E-state index in [1.54, 1.807) is 12.1 Å². The van der Waals surface area contributed by atoms with Gasteiger partial charge in [0.15, 0.2) is 0 Å². The molecule has 1 aromatic carbocycles. The van der Waals surface area contributed by atoms with E-state index in [4.69, 9.17) is 4.98 Å². The van der Waals surface area contributed by atoms with Crippen molar-refractivity contribution >= 4 is 27.3 Å². The lowest BCUT2D eigenvalue weighted by Gasteiger charge is -2.07. The van der Waals surface area contributed by atoms with Crippen molar-refractivity contribution in [1.82, 2.24) is 15.0 Å². The molecule has 1 fully saturated rings. The van der Waals surface area contributed by atoms with Crippen LogP contribution in [0.3, 0.4) is 0 Å². The standard InChI is InChI=1S/C20H25N3O3S2/c24-20(14-7-11-16(12-8-14)28(25,26)23-15-9-10-15)21-13-3-6-19-22-17-4-1-2-5-18(17)27-19/h7-8,11-12,15,23H,1-6,9-10,13H2,(H,21,24). The molecule has 1 amide bonds. The summed E-state index contributed by atoms with van der Waals surface area (Å²) in [4.78, 5) is 18.6. The van der Waals surface area contributed by atoms with Crippen molar-refractivity contribution in [3.63, 3.8) is 0 Å². The van der Waals surface area contributed by atoms with Crippen LogP contribution in [0.25, 0.3) is 0 Å². The molecule has 2 N–H and O–H groups in total. The third kappa shape index (κ3) is 4.79. The van der Waals surface area contributed by atoms with Crippen LogP contribution in [0, 0.1) is 0 Å². The van der Waals surface area contributed by atoms with E-state index in [1.807, 2.05) is 11.3 Å². The summed E-state index contributed by atoms with van der Waals surface area (Å²) in [5.41, 5.74) is 1.75. The smallest absolute Gasteiger partial charge is 0.251 e. The van der Waals surface area contributed by atoms with Crippen LogP contribution in [0.15, 0.2) is 29.2 Å². The summed E-state index contributed by atoms with van der Waals surface area (Å²) in [5.74, 6) is -0.183. The van der Waals surface area contributed by atoms with Crippen molar-refractivity contribution < 1.29 is 13.2 Å². The molecule has 1 saturated carbocycles. The zero-order chi connectivity index (χ0) is 19.6. The fourth-order valence-electron chi connectivity index (χ4n) is 3.33. The third-order valence-corrected chi connectivity index (χ3v) is 7.82. The maximum Gasteiger partial charge on any atom is 0.251 e. The van der Waals surface area contributed by atoms with Crippen LogP contribution < -0.4 is 10.0 Å². The van der Waals surface area contributed by atoms with Gasteiger partial charge >= 0.3 is 0 Å². The number of aryl methyl sites for hydroxylation is 3. The van der Waals surface area contributed by atoms with Crippen molar-refractivity contribution in [2.24, 2.45) is 0 Å². The molecule has 2 aliphatic rings. The predicted octanol–water partition coefficient (Wildman–Crippen LogP) is 2.83. The minimum absolute atomic E-state index is 0.0661. The molecular weight excluding hydrogens is 394 g/mol. The first-order chi connectivity index (χ1) is 13.5. The molecule has 0 spiro atoms. The van der Waals surface area contributed by atoms with Crippen molar-refractivity contribution in [2.45, 2.75) is 62.3 Å². The quantitative estimate of drug-likeness (QED) is 0.644. The number of aromatic nitrogens is 1. The minimum atomic E-state index is -3.48. The molecule has 0 radical (unpaired) electrons. The van der Waals surface area contributed by atoms with Gasteiger partial charge in [-0.15, -0.1) is 11.3 Å². The third-order valence-electron chi connectivity index (χ3n) is 5.07. The van der Waals surface area contributed by atoms with Gasteiger partial charge in [0.05, 0.1) is 15.6 Å². The zero-order valence-electron chi connectivity index (χ0n) is 15.7. The second-order valence-electron chi connectivity index (χ2n) is 7.46. The second kappa shape index (κ2) is 8.31. The summed E-state index contributed by atoms with van der Waals surface area (Å²) in [6.45, 7) is 0.576. The monoisotopic (exact) mass is 419 g/mol. The van der Waals surface area contributed by atoms with Gasteiger partial charge in [-0.3, -0.25) is 4.79 Å². The van der Waals surface area contributed by atoms with Crippen molar-refractivity contribution in [1.29, 1.82) is 0 Å². The number of carbonyl (C=O) groups is 1. The van der Waals surface area contributed by atoms with Crippen LogP contribution in [0.2, 0.25) is 0 Å². The number of carbonyl (C=O) groups excluding carboxylic acids is 1. The Morgan fingerprint density at radius 3 is 2.61 bits per heavy atom. The maximum absolute atomic E-state index is 12.3. The van der Waals surface area contributed by atoms with E-state index in [0.717, 1.165) is 38.5 Å². The Morgan fingerprint density at radius 1 is 1.14 bits per heavy atom. The minimum Gasteiger partial charge on any atom is -0.352 e. The Bertz CT molecular complexity index is 924. The SMILES string of the molecule is O=C(NCCCc1nc2c(s1)CCCC2)c1ccc(S(=O)(=O)NC2CC2)cc1. The van der Waals surface area contributed by atoms with E-state index in [-0.39, 0.29) is 16.8 Å². The lowest BCUT2D eigenvalue weighted by Crippen LogP contribution is -2.26. The number of hydrogen-bond acceptors (Lipinski definition) is 5. The molecule has 28 heavy (non-hydrogen) atoms. The van der Waals surface area contributed by atoms with Gasteiger partial charge in [0.25, 0.3) is 5.91 Å². The largest absolute Gasteiger partial charge is 0.352 e. The highest BCUT2D eigenvalue weighted by atomic mass is 32.2. The van der Waals surface area contributed by atoms with E-state index in [0.29, 0.717) is 12.1 Å². The molecule has 6 nitrogen and oxygen atoms in total. The average Bonchev–Trinajstić information content (AvgIpc) is 3.39. The van der Waals surface area contributed by atoms with Crippen LogP contribution in [0.1, 0.15) is 58.0 Å². The van der Waals surface area contributed by atoms with E-state index in [2.05, 4.69) is 10.0 Å². The molecule has 8 heteroatoms. The van der Waals surface area contributed by atoms with Crippen molar-refractivity contribution in [3.05, 3.63) is 45.4 Å². The van der Waals surface area contributed by atoms with Gasteiger partial charge in [0, 0.05) is 29.4 Å². The summed E-state index contributed by atoms with van der Waals surface area (Å²) in [6, 6.07) is 6.16. The topological polar surface area (TPSA) is 88.2 Å². The first kappa shape index (κ1) is 19.5. The number of nitrogens with one attached hydrogen (secondary N) is 2. The van der Waals surface area contributed by atoms with Crippen LogP contribution in [0.5, 0.6) is 0 Å². The zero-order valence-corrected chi connectivity index (χ0v) is 17.4. The highest BCUT2D eigenvalue weighted by Crippen LogP contribution is 2.27. The van der Waals surface area contributed by atoms with Gasteiger partial charge in [-0.1, -0.05) is 0 Å². The lowest BCUT2D eigenvalue weighted by molar-refractivity contribution is 0.0953. The van der Waals surface area contributed by atoms with E-state index in [1.165, 1.54) is 40.6 Å². The van der Waals surface area contributed by atoms with Crippen LogP contribution >= 0.6 is 11.3 Å². The van der Waals surface area contributed by atoms with E-state index < -0.39 is 10.0 Å². The molecule has 0 bridgehead atoms. The Hall–Kier alpha value is -1.77. The normalized spacial score (nSPS) is 16.6. The lowest BCUT2D eigenvalue weighted by atomic mass is 10.0. The van der Waals surface area contributed by atoms with Gasteiger partial charge in [0.1, 0.15) is 0 Å². The fraction of sp³-hybridized carbons (Fsp3) is 0.500. The van der Waals surface area contributed by atoms with Crippen LogP contribution in [0.4, 0.5) is 0 Å². The van der Waals surface area contributed by atoms with Gasteiger partial charge in [0.2, 0.25) is 10.0 Å². The first-order valence-electron chi connectivity index (χ1n) is 9.89. The molecular formula is C20H25N3O3S2. The van der Waals surface area contributed by atoms with Crippen LogP contribution in [-0.4, -0.2) is 31.9 Å². The number of benzene rings is 1. The number of fused-ring (bicyclic) bond motifs is 1. The number of amides is 1. The van der Waals surface area contributed by atoms with Gasteiger partial charge < -0.3 is 5.32 Å². The van der Waals surface area contributed by atoms with Crippen molar-refractivity contribution in [2.75, 3.05) is 6.54 Å². The Labute approximate surface area is 169 Å². The molecule has 0 unspecified atom stereocenters. The van der Waals surface area contributed by atoms with Gasteiger partial charge in [-0.2, -0.15) is 0 Å². The Balaban J connectivity index is 1.25. The maximum atomic E-state index is 12.3. The summed E-state index contributed by atoms with van der Waals surface area (Å²) in [5, 5.41) is 4.07. The van der Waals surface area contributed by atoms with Gasteiger partial charge in [-0.25, -0.2) is 18.1 Å². The second-order valence-corrected chi connectivity index (χ2v) is 10.3. The Morgan fingerprint density at radius 2 is 1.89 bits per heavy atom. The molecule has 0 saturated heterocycles. The fourth-order valence-corrected chi connectivity index (χ4v) is 5.83. The molecule has 2 aromatic rings. The number of hydrogen-bond donors (Lipinski definition) is 2. The molecule has 0 aliphatic heterocycles. The van der Waals surface area contributed by atoms with E-state index in [9.17, 15) is 13.2 Å². The van der Waals surface area contributed by atoms with E-state index >= 15 is 0 Å². The number of nitrogens with zero attached hydrogens (tertiary/aromatic N) is 1. The highest BCUT2D eigenvalue weighted by Gasteiger charge is 2.28. The molecule has 0 atom stereocenters. The number of thiazole rings is 1. The molecule has 1 heterocycles.